The van der Waals surface area contributed by atoms with E-state index in [4.69, 9.17) is 25.3 Å². The first-order chi connectivity index (χ1) is 11.0. The number of fused-ring (bicyclic) bond motifs is 1. The number of rotatable bonds is 3. The van der Waals surface area contributed by atoms with Crippen LogP contribution in [0.2, 0.25) is 5.02 Å². The van der Waals surface area contributed by atoms with Crippen LogP contribution in [0.5, 0.6) is 0 Å². The molecule has 23 heavy (non-hydrogen) atoms. The van der Waals surface area contributed by atoms with Crippen molar-refractivity contribution in [1.29, 1.82) is 0 Å². The van der Waals surface area contributed by atoms with E-state index in [0.29, 0.717) is 16.8 Å². The maximum absolute atomic E-state index is 14.4. The molecule has 2 aromatic carbocycles. The number of nitrogens with one attached hydrogen (secondary N) is 1. The lowest BCUT2D eigenvalue weighted by Crippen LogP contribution is -2.18. The van der Waals surface area contributed by atoms with Crippen LogP contribution in [0.25, 0.3) is 10.9 Å². The molecule has 2 radical (unpaired) electrons. The van der Waals surface area contributed by atoms with E-state index >= 15 is 0 Å². The molecule has 1 aromatic heterocycles. The molecule has 0 saturated carbocycles. The maximum Gasteiger partial charge on any atom is 0.239 e. The Hall–Kier alpha value is -2.38. The third kappa shape index (κ3) is 2.93. The molecule has 3 rings (SSSR count). The van der Waals surface area contributed by atoms with Gasteiger partial charge >= 0.3 is 0 Å². The second kappa shape index (κ2) is 6.02. The number of nitrogen functional groups attached to an aromatic ring is 1. The molecule has 3 aromatic rings. The molecule has 0 amide bonds. The summed E-state index contributed by atoms with van der Waals surface area (Å²) < 4.78 is 14.4. The van der Waals surface area contributed by atoms with Crippen molar-refractivity contribution in [3.63, 3.8) is 0 Å². The average Bonchev–Trinajstić information content (AvgIpc) is 2.52. The van der Waals surface area contributed by atoms with Crippen LogP contribution in [0, 0.1) is 5.82 Å². The minimum Gasteiger partial charge on any atom is -0.329 e. The SMILES string of the molecule is [B]c1cccc(N(C)c2nc(NN)nc3cc(Cl)cc(F)c23)c1. The fourth-order valence-electron chi connectivity index (χ4n) is 2.33. The van der Waals surface area contributed by atoms with Crippen molar-refractivity contribution in [3.8, 4) is 0 Å². The normalized spacial score (nSPS) is 10.8. The summed E-state index contributed by atoms with van der Waals surface area (Å²) in [4.78, 5) is 10.1. The number of hydrazine groups is 1. The lowest BCUT2D eigenvalue weighted by atomic mass is 9.96. The molecule has 0 saturated heterocycles. The molecule has 8 heteroatoms. The highest BCUT2D eigenvalue weighted by molar-refractivity contribution is 6.32. The lowest BCUT2D eigenvalue weighted by molar-refractivity contribution is 0.639. The topological polar surface area (TPSA) is 67.1 Å². The Labute approximate surface area is 138 Å². The standard InChI is InChI=1S/C15H12BClFN5/c1-23(10-4-2-3-8(16)5-10)14-13-11(18)6-9(17)7-12(13)20-15(21-14)22-19/h2-7H,19H2,1H3,(H,20,21,22). The van der Waals surface area contributed by atoms with Gasteiger partial charge in [-0.25, -0.2) is 15.2 Å². The van der Waals surface area contributed by atoms with Crippen molar-refractivity contribution in [2.24, 2.45) is 5.84 Å². The van der Waals surface area contributed by atoms with Gasteiger partial charge in [0.05, 0.1) is 10.9 Å². The first-order valence-electron chi connectivity index (χ1n) is 6.72. The number of aromatic nitrogens is 2. The van der Waals surface area contributed by atoms with E-state index in [1.165, 1.54) is 6.07 Å². The van der Waals surface area contributed by atoms with Crippen LogP contribution in [-0.2, 0) is 0 Å². The van der Waals surface area contributed by atoms with Gasteiger partial charge < -0.3 is 4.90 Å². The molecule has 0 aliphatic heterocycles. The number of benzene rings is 2. The average molecular weight is 328 g/mol. The number of nitrogens with zero attached hydrogens (tertiary/aromatic N) is 3. The molecule has 3 N–H and O–H groups in total. The van der Waals surface area contributed by atoms with E-state index < -0.39 is 5.82 Å². The molecule has 0 unspecified atom stereocenters. The Bertz CT molecular complexity index is 889. The Balaban J connectivity index is 2.26. The summed E-state index contributed by atoms with van der Waals surface area (Å²) in [6, 6.07) is 9.95. The number of anilines is 3. The monoisotopic (exact) mass is 327 g/mol. The van der Waals surface area contributed by atoms with Crippen molar-refractivity contribution in [2.75, 3.05) is 17.4 Å². The summed E-state index contributed by atoms with van der Waals surface area (Å²) in [6.45, 7) is 0. The lowest BCUT2D eigenvalue weighted by Gasteiger charge is -2.21. The van der Waals surface area contributed by atoms with Gasteiger partial charge in [0.1, 0.15) is 19.5 Å². The first-order valence-corrected chi connectivity index (χ1v) is 7.10. The van der Waals surface area contributed by atoms with Crippen LogP contribution in [0.3, 0.4) is 0 Å². The second-order valence-electron chi connectivity index (χ2n) is 4.95. The van der Waals surface area contributed by atoms with Gasteiger partial charge in [0, 0.05) is 17.8 Å². The summed E-state index contributed by atoms with van der Waals surface area (Å²) in [7, 11) is 7.56. The van der Waals surface area contributed by atoms with Crippen LogP contribution in [0.1, 0.15) is 0 Å². The van der Waals surface area contributed by atoms with Crippen molar-refractivity contribution < 1.29 is 4.39 Å². The summed E-state index contributed by atoms with van der Waals surface area (Å²) in [5.41, 5.74) is 4.07. The van der Waals surface area contributed by atoms with Crippen LogP contribution in [0.15, 0.2) is 36.4 Å². The fraction of sp³-hybridized carbons (Fsp3) is 0.0667. The molecular weight excluding hydrogens is 315 g/mol. The van der Waals surface area contributed by atoms with E-state index in [-0.39, 0.29) is 16.4 Å². The van der Waals surface area contributed by atoms with Crippen LogP contribution >= 0.6 is 11.6 Å². The van der Waals surface area contributed by atoms with Crippen LogP contribution in [-0.4, -0.2) is 24.9 Å². The van der Waals surface area contributed by atoms with E-state index in [1.54, 1.807) is 36.2 Å². The predicted molar refractivity (Wildman–Crippen MR) is 92.2 cm³/mol. The largest absolute Gasteiger partial charge is 0.329 e. The molecule has 0 atom stereocenters. The van der Waals surface area contributed by atoms with Gasteiger partial charge in [-0.05, 0) is 24.3 Å². The summed E-state index contributed by atoms with van der Waals surface area (Å²) in [5, 5.41) is 0.493. The number of halogens is 2. The Morgan fingerprint density at radius 2 is 2.04 bits per heavy atom. The van der Waals surface area contributed by atoms with E-state index in [2.05, 4.69) is 15.4 Å². The van der Waals surface area contributed by atoms with Crippen molar-refractivity contribution >= 4 is 53.3 Å². The van der Waals surface area contributed by atoms with Crippen molar-refractivity contribution in [1.82, 2.24) is 9.97 Å². The molecule has 0 bridgehead atoms. The second-order valence-corrected chi connectivity index (χ2v) is 5.39. The number of hydrogen-bond acceptors (Lipinski definition) is 5. The van der Waals surface area contributed by atoms with E-state index in [0.717, 1.165) is 5.69 Å². The summed E-state index contributed by atoms with van der Waals surface area (Å²) >= 11 is 5.91. The summed E-state index contributed by atoms with van der Waals surface area (Å²) in [5.74, 6) is 5.40. The molecule has 0 aliphatic rings. The molecule has 0 aliphatic carbocycles. The van der Waals surface area contributed by atoms with Crippen LogP contribution < -0.4 is 21.6 Å². The maximum atomic E-state index is 14.4. The van der Waals surface area contributed by atoms with Gasteiger partial charge in [-0.3, -0.25) is 5.43 Å². The zero-order valence-electron chi connectivity index (χ0n) is 12.2. The summed E-state index contributed by atoms with van der Waals surface area (Å²) in [6.07, 6.45) is 0. The first kappa shape index (κ1) is 15.5. The molecule has 0 fully saturated rings. The van der Waals surface area contributed by atoms with Gasteiger partial charge in [-0.1, -0.05) is 29.2 Å². The fourth-order valence-corrected chi connectivity index (χ4v) is 2.53. The smallest absolute Gasteiger partial charge is 0.239 e. The van der Waals surface area contributed by atoms with E-state index in [1.807, 2.05) is 6.07 Å². The van der Waals surface area contributed by atoms with Gasteiger partial charge in [-0.15, -0.1) is 0 Å². The van der Waals surface area contributed by atoms with Crippen molar-refractivity contribution in [3.05, 3.63) is 47.2 Å². The predicted octanol–water partition coefficient (Wildman–Crippen LogP) is 2.27. The quantitative estimate of drug-likeness (QED) is 0.439. The van der Waals surface area contributed by atoms with Gasteiger partial charge in [-0.2, -0.15) is 4.98 Å². The Kier molecular flexibility index (Phi) is 4.06. The van der Waals surface area contributed by atoms with Crippen LogP contribution in [0.4, 0.5) is 21.8 Å². The third-order valence-corrected chi connectivity index (χ3v) is 3.62. The Morgan fingerprint density at radius 3 is 2.74 bits per heavy atom. The van der Waals surface area contributed by atoms with Crippen molar-refractivity contribution in [2.45, 2.75) is 0 Å². The number of nitrogens with two attached hydrogens (primary N) is 1. The van der Waals surface area contributed by atoms with E-state index in [9.17, 15) is 4.39 Å². The Morgan fingerprint density at radius 1 is 1.26 bits per heavy atom. The highest BCUT2D eigenvalue weighted by atomic mass is 35.5. The zero-order chi connectivity index (χ0) is 16.6. The highest BCUT2D eigenvalue weighted by Crippen LogP contribution is 2.32. The number of hydrogen-bond donors (Lipinski definition) is 2. The molecule has 114 valence electrons. The minimum atomic E-state index is -0.512. The van der Waals surface area contributed by atoms with Gasteiger partial charge in [0.15, 0.2) is 0 Å². The molecule has 1 heterocycles. The third-order valence-electron chi connectivity index (χ3n) is 3.40. The minimum absolute atomic E-state index is 0.157. The molecular formula is C15H12BClFN5. The molecule has 0 spiro atoms. The van der Waals surface area contributed by atoms with Gasteiger partial charge in [0.25, 0.3) is 0 Å². The zero-order valence-corrected chi connectivity index (χ0v) is 13.0. The highest BCUT2D eigenvalue weighted by Gasteiger charge is 2.17. The van der Waals surface area contributed by atoms with Gasteiger partial charge in [0.2, 0.25) is 5.95 Å². The molecule has 5 nitrogen and oxygen atoms in total.